The van der Waals surface area contributed by atoms with Gasteiger partial charge in [0.05, 0.1) is 13.2 Å². The first-order valence-electron chi connectivity index (χ1n) is 7.39. The highest BCUT2D eigenvalue weighted by Crippen LogP contribution is 2.25. The van der Waals surface area contributed by atoms with Crippen molar-refractivity contribution in [3.8, 4) is 0 Å². The van der Waals surface area contributed by atoms with E-state index in [0.717, 1.165) is 54.7 Å². The Morgan fingerprint density at radius 2 is 2.05 bits per heavy atom. The van der Waals surface area contributed by atoms with Crippen molar-refractivity contribution in [2.75, 3.05) is 36.5 Å². The third kappa shape index (κ3) is 2.48. The zero-order valence-corrected chi connectivity index (χ0v) is 12.1. The monoisotopic (exact) mass is 295 g/mol. The summed E-state index contributed by atoms with van der Waals surface area (Å²) in [5.74, 6) is 1.54. The zero-order chi connectivity index (χ0) is 14.8. The molecule has 1 saturated heterocycles. The lowest BCUT2D eigenvalue weighted by Crippen LogP contribution is -2.37. The van der Waals surface area contributed by atoms with Gasteiger partial charge in [0.2, 0.25) is 5.95 Å². The van der Waals surface area contributed by atoms with Gasteiger partial charge in [-0.2, -0.15) is 4.98 Å². The number of hydrogen-bond acceptors (Lipinski definition) is 5. The fourth-order valence-corrected chi connectivity index (χ4v) is 2.67. The highest BCUT2D eigenvalue weighted by atomic mass is 16.5. The van der Waals surface area contributed by atoms with E-state index in [4.69, 9.17) is 4.74 Å². The molecule has 6 heteroatoms. The quantitative estimate of drug-likeness (QED) is 0.777. The van der Waals surface area contributed by atoms with Crippen LogP contribution < -0.4 is 10.2 Å². The Morgan fingerprint density at radius 1 is 1.14 bits per heavy atom. The Morgan fingerprint density at radius 3 is 2.95 bits per heavy atom. The fraction of sp³-hybridized carbons (Fsp3) is 0.250. The van der Waals surface area contributed by atoms with E-state index in [1.165, 1.54) is 0 Å². The van der Waals surface area contributed by atoms with Crippen LogP contribution in [0.3, 0.4) is 0 Å². The minimum atomic E-state index is 0.726. The van der Waals surface area contributed by atoms with Crippen molar-refractivity contribution in [1.82, 2.24) is 15.0 Å². The fourth-order valence-electron chi connectivity index (χ4n) is 2.67. The van der Waals surface area contributed by atoms with Crippen LogP contribution in [0, 0.1) is 0 Å². The van der Waals surface area contributed by atoms with Crippen molar-refractivity contribution < 1.29 is 4.74 Å². The largest absolute Gasteiger partial charge is 0.378 e. The van der Waals surface area contributed by atoms with Crippen molar-refractivity contribution in [2.24, 2.45) is 0 Å². The number of aromatic amines is 1. The number of ether oxygens (including phenoxy) is 1. The summed E-state index contributed by atoms with van der Waals surface area (Å²) in [6.45, 7) is 3.11. The number of nitrogens with zero attached hydrogens (tertiary/aromatic N) is 3. The minimum absolute atomic E-state index is 0.726. The van der Waals surface area contributed by atoms with Crippen molar-refractivity contribution >= 4 is 28.4 Å². The van der Waals surface area contributed by atoms with Crippen LogP contribution in [0.5, 0.6) is 0 Å². The first kappa shape index (κ1) is 13.1. The molecule has 0 aliphatic carbocycles. The molecule has 0 bridgehead atoms. The molecule has 6 nitrogen and oxygen atoms in total. The number of benzene rings is 1. The van der Waals surface area contributed by atoms with Crippen LogP contribution in [-0.2, 0) is 4.74 Å². The van der Waals surface area contributed by atoms with Gasteiger partial charge in [-0.05, 0) is 24.3 Å². The lowest BCUT2D eigenvalue weighted by molar-refractivity contribution is 0.122. The van der Waals surface area contributed by atoms with Gasteiger partial charge in [0.15, 0.2) is 0 Å². The maximum atomic E-state index is 5.37. The molecule has 1 fully saturated rings. The van der Waals surface area contributed by atoms with Gasteiger partial charge in [0.25, 0.3) is 0 Å². The average molecular weight is 295 g/mol. The Hall–Kier alpha value is -2.60. The van der Waals surface area contributed by atoms with Crippen molar-refractivity contribution in [2.45, 2.75) is 0 Å². The molecule has 3 heterocycles. The second-order valence-corrected chi connectivity index (χ2v) is 5.21. The molecule has 0 spiro atoms. The number of anilines is 3. The molecule has 112 valence electrons. The van der Waals surface area contributed by atoms with Gasteiger partial charge >= 0.3 is 0 Å². The summed E-state index contributed by atoms with van der Waals surface area (Å²) in [5, 5.41) is 4.53. The predicted octanol–water partition coefficient (Wildman–Crippen LogP) is 2.54. The summed E-state index contributed by atoms with van der Waals surface area (Å²) in [4.78, 5) is 14.3. The van der Waals surface area contributed by atoms with Crippen molar-refractivity contribution in [3.05, 3.63) is 42.7 Å². The van der Waals surface area contributed by atoms with Gasteiger partial charge in [-0.25, -0.2) is 4.98 Å². The minimum Gasteiger partial charge on any atom is -0.378 e. The number of morpholine rings is 1. The molecule has 4 rings (SSSR count). The number of H-pyrrole nitrogens is 1. The molecular weight excluding hydrogens is 278 g/mol. The summed E-state index contributed by atoms with van der Waals surface area (Å²) < 4.78 is 5.37. The molecular formula is C16H17N5O. The van der Waals surface area contributed by atoms with Crippen molar-refractivity contribution in [3.63, 3.8) is 0 Å². The molecule has 2 N–H and O–H groups in total. The van der Waals surface area contributed by atoms with Crippen LogP contribution in [0.4, 0.5) is 17.5 Å². The standard InChI is InChI=1S/C16H17N5O/c1-2-13-12(4-6-17-13)14(3-1)19-15-5-7-18-16(20-15)21-8-10-22-11-9-21/h1-7,17H,8-11H2,(H,18,19,20). The van der Waals surface area contributed by atoms with Crippen LogP contribution in [0.2, 0.25) is 0 Å². The van der Waals surface area contributed by atoms with E-state index in [1.807, 2.05) is 24.4 Å². The number of nitrogens with one attached hydrogen (secondary N) is 2. The molecule has 1 aliphatic rings. The number of hydrogen-bond donors (Lipinski definition) is 2. The van der Waals surface area contributed by atoms with E-state index in [0.29, 0.717) is 0 Å². The van der Waals surface area contributed by atoms with E-state index in [-0.39, 0.29) is 0 Å². The van der Waals surface area contributed by atoms with Crippen LogP contribution in [-0.4, -0.2) is 41.3 Å². The molecule has 0 atom stereocenters. The Bertz CT molecular complexity index is 779. The first-order chi connectivity index (χ1) is 10.9. The molecule has 22 heavy (non-hydrogen) atoms. The van der Waals surface area contributed by atoms with Gasteiger partial charge in [0, 0.05) is 42.1 Å². The van der Waals surface area contributed by atoms with E-state index < -0.39 is 0 Å². The van der Waals surface area contributed by atoms with E-state index >= 15 is 0 Å². The Labute approximate surface area is 128 Å². The van der Waals surface area contributed by atoms with Gasteiger partial charge in [-0.3, -0.25) is 0 Å². The highest BCUT2D eigenvalue weighted by Gasteiger charge is 2.14. The van der Waals surface area contributed by atoms with E-state index in [2.05, 4.69) is 37.3 Å². The molecule has 0 radical (unpaired) electrons. The second-order valence-electron chi connectivity index (χ2n) is 5.21. The van der Waals surface area contributed by atoms with Gasteiger partial charge in [0.1, 0.15) is 5.82 Å². The van der Waals surface area contributed by atoms with Crippen LogP contribution >= 0.6 is 0 Å². The maximum absolute atomic E-state index is 5.37. The van der Waals surface area contributed by atoms with E-state index in [1.54, 1.807) is 6.20 Å². The maximum Gasteiger partial charge on any atom is 0.227 e. The lowest BCUT2D eigenvalue weighted by atomic mass is 10.2. The highest BCUT2D eigenvalue weighted by molar-refractivity contribution is 5.93. The SMILES string of the molecule is c1cc(Nc2ccnc(N3CCOCC3)n2)c2cc[nH]c2c1. The molecule has 0 saturated carbocycles. The molecule has 3 aromatic rings. The third-order valence-corrected chi connectivity index (χ3v) is 3.79. The summed E-state index contributed by atoms with van der Waals surface area (Å²) in [6.07, 6.45) is 3.73. The number of aromatic nitrogens is 3. The molecule has 2 aromatic heterocycles. The van der Waals surface area contributed by atoms with Crippen molar-refractivity contribution in [1.29, 1.82) is 0 Å². The predicted molar refractivity (Wildman–Crippen MR) is 86.6 cm³/mol. The molecule has 1 aromatic carbocycles. The average Bonchev–Trinajstić information content (AvgIpc) is 3.06. The van der Waals surface area contributed by atoms with Crippen LogP contribution in [0.1, 0.15) is 0 Å². The van der Waals surface area contributed by atoms with Crippen LogP contribution in [0.15, 0.2) is 42.7 Å². The summed E-state index contributed by atoms with van der Waals surface area (Å²) in [6, 6.07) is 10.1. The summed E-state index contributed by atoms with van der Waals surface area (Å²) in [5.41, 5.74) is 2.14. The number of rotatable bonds is 3. The summed E-state index contributed by atoms with van der Waals surface area (Å²) >= 11 is 0. The molecule has 0 unspecified atom stereocenters. The summed E-state index contributed by atoms with van der Waals surface area (Å²) in [7, 11) is 0. The van der Waals surface area contributed by atoms with E-state index in [9.17, 15) is 0 Å². The lowest BCUT2D eigenvalue weighted by Gasteiger charge is -2.26. The van der Waals surface area contributed by atoms with Gasteiger partial charge in [-0.1, -0.05) is 6.07 Å². The smallest absolute Gasteiger partial charge is 0.227 e. The first-order valence-corrected chi connectivity index (χ1v) is 7.39. The van der Waals surface area contributed by atoms with Crippen LogP contribution in [0.25, 0.3) is 10.9 Å². The zero-order valence-electron chi connectivity index (χ0n) is 12.1. The molecule has 0 amide bonds. The molecule has 1 aliphatic heterocycles. The normalized spacial score (nSPS) is 15.2. The number of fused-ring (bicyclic) bond motifs is 1. The second kappa shape index (κ2) is 5.65. The van der Waals surface area contributed by atoms with Gasteiger partial charge in [-0.15, -0.1) is 0 Å². The Kier molecular flexibility index (Phi) is 3.36. The third-order valence-electron chi connectivity index (χ3n) is 3.79. The Balaban J connectivity index is 1.61. The topological polar surface area (TPSA) is 66.1 Å². The van der Waals surface area contributed by atoms with Gasteiger partial charge < -0.3 is 19.9 Å².